The molecule has 1 fully saturated rings. The highest BCUT2D eigenvalue weighted by Crippen LogP contribution is 2.38. The van der Waals surface area contributed by atoms with Gasteiger partial charge in [-0.3, -0.25) is 9.69 Å². The molecule has 1 amide bonds. The van der Waals surface area contributed by atoms with E-state index in [2.05, 4.69) is 0 Å². The van der Waals surface area contributed by atoms with Gasteiger partial charge in [0.2, 0.25) is 0 Å². The molecule has 0 unspecified atom stereocenters. The number of carboxylic acid groups (broad SMARTS) is 1. The number of furan rings is 1. The lowest BCUT2D eigenvalue weighted by molar-refractivity contribution is -0.145. The first kappa shape index (κ1) is 20.1. The van der Waals surface area contributed by atoms with Crippen molar-refractivity contribution < 1.29 is 23.5 Å². The van der Waals surface area contributed by atoms with Crippen LogP contribution in [0, 0.1) is 5.82 Å². The van der Waals surface area contributed by atoms with E-state index in [9.17, 15) is 19.1 Å². The van der Waals surface area contributed by atoms with Gasteiger partial charge in [0.15, 0.2) is 6.04 Å². The smallest absolute Gasteiger partial charge is 0.331 e. The Labute approximate surface area is 180 Å². The van der Waals surface area contributed by atoms with Gasteiger partial charge in [-0.1, -0.05) is 54.3 Å². The topological polar surface area (TPSA) is 70.8 Å². The fourth-order valence-electron chi connectivity index (χ4n) is 3.07. The van der Waals surface area contributed by atoms with Crippen molar-refractivity contribution in [1.82, 2.24) is 4.90 Å². The van der Waals surface area contributed by atoms with Crippen molar-refractivity contribution in [3.63, 3.8) is 0 Å². The number of hydrogen-bond donors (Lipinski definition) is 1. The summed E-state index contributed by atoms with van der Waals surface area (Å²) in [6, 6.07) is 16.5. The Kier molecular flexibility index (Phi) is 5.52. The molecule has 4 rings (SSSR count). The molecule has 1 atom stereocenters. The van der Waals surface area contributed by atoms with Crippen LogP contribution >= 0.6 is 24.0 Å². The zero-order chi connectivity index (χ0) is 21.3. The number of carbonyl (C=O) groups is 2. The second-order valence-electron chi connectivity index (χ2n) is 6.41. The average Bonchev–Trinajstić information content (AvgIpc) is 3.30. The molecule has 1 aromatic heterocycles. The zero-order valence-corrected chi connectivity index (χ0v) is 17.0. The standard InChI is InChI=1S/C22H14FNO4S2/c23-15-8-6-13(7-9-15)17-11-10-16(28-17)12-18-20(25)24(22(29)30-18)19(21(26)27)14-4-2-1-3-5-14/h1-12,19H,(H,26,27)/b18-12-/t19-/m1/s1. The Balaban J connectivity index is 1.62. The second-order valence-corrected chi connectivity index (χ2v) is 8.09. The Morgan fingerprint density at radius 2 is 1.80 bits per heavy atom. The first-order chi connectivity index (χ1) is 14.4. The summed E-state index contributed by atoms with van der Waals surface area (Å²) in [6.45, 7) is 0. The number of carboxylic acids is 1. The van der Waals surface area contributed by atoms with Crippen molar-refractivity contribution in [2.24, 2.45) is 0 Å². The Morgan fingerprint density at radius 3 is 2.47 bits per heavy atom. The van der Waals surface area contributed by atoms with Gasteiger partial charge in [0, 0.05) is 11.6 Å². The van der Waals surface area contributed by atoms with E-state index in [0.717, 1.165) is 16.7 Å². The SMILES string of the molecule is O=C(O)[C@@H](c1ccccc1)N1C(=O)/C(=C/c2ccc(-c3ccc(F)cc3)o2)SC1=S. The molecule has 3 aromatic rings. The van der Waals surface area contributed by atoms with Crippen molar-refractivity contribution in [2.75, 3.05) is 0 Å². The van der Waals surface area contributed by atoms with Crippen LogP contribution < -0.4 is 0 Å². The van der Waals surface area contributed by atoms with Crippen LogP contribution in [0.1, 0.15) is 17.4 Å². The van der Waals surface area contributed by atoms with Gasteiger partial charge in [-0.15, -0.1) is 0 Å². The maximum atomic E-state index is 13.1. The first-order valence-corrected chi connectivity index (χ1v) is 10.1. The monoisotopic (exact) mass is 439 g/mol. The Bertz CT molecular complexity index is 1160. The van der Waals surface area contributed by atoms with Gasteiger partial charge in [0.05, 0.1) is 4.91 Å². The summed E-state index contributed by atoms with van der Waals surface area (Å²) in [5, 5.41) is 9.72. The van der Waals surface area contributed by atoms with Gasteiger partial charge in [-0.05, 0) is 42.0 Å². The van der Waals surface area contributed by atoms with Crippen molar-refractivity contribution >= 4 is 46.3 Å². The van der Waals surface area contributed by atoms with E-state index >= 15 is 0 Å². The normalized spacial score (nSPS) is 16.3. The minimum absolute atomic E-state index is 0.160. The van der Waals surface area contributed by atoms with Crippen LogP contribution in [0.5, 0.6) is 0 Å². The highest BCUT2D eigenvalue weighted by Gasteiger charge is 2.41. The first-order valence-electron chi connectivity index (χ1n) is 8.84. The van der Waals surface area contributed by atoms with Gasteiger partial charge in [-0.2, -0.15) is 0 Å². The molecule has 2 aromatic carbocycles. The van der Waals surface area contributed by atoms with Crippen LogP contribution in [-0.4, -0.2) is 26.2 Å². The highest BCUT2D eigenvalue weighted by molar-refractivity contribution is 8.26. The highest BCUT2D eigenvalue weighted by atomic mass is 32.2. The predicted molar refractivity (Wildman–Crippen MR) is 116 cm³/mol. The minimum Gasteiger partial charge on any atom is -0.479 e. The number of aliphatic carboxylic acids is 1. The summed E-state index contributed by atoms with van der Waals surface area (Å²) in [4.78, 5) is 26.2. The van der Waals surface area contributed by atoms with E-state index in [1.54, 1.807) is 54.6 Å². The molecule has 0 bridgehead atoms. The van der Waals surface area contributed by atoms with Gasteiger partial charge in [0.25, 0.3) is 5.91 Å². The number of thiocarbonyl (C=S) groups is 1. The molecule has 1 N–H and O–H groups in total. The molecule has 1 aliphatic heterocycles. The summed E-state index contributed by atoms with van der Waals surface area (Å²) >= 11 is 6.32. The summed E-state index contributed by atoms with van der Waals surface area (Å²) in [5.41, 5.74) is 1.15. The lowest BCUT2D eigenvalue weighted by atomic mass is 10.1. The van der Waals surface area contributed by atoms with Crippen molar-refractivity contribution in [1.29, 1.82) is 0 Å². The van der Waals surface area contributed by atoms with Gasteiger partial charge in [0.1, 0.15) is 21.7 Å². The number of thioether (sulfide) groups is 1. The minimum atomic E-state index is -1.21. The van der Waals surface area contributed by atoms with Crippen molar-refractivity contribution in [2.45, 2.75) is 6.04 Å². The van der Waals surface area contributed by atoms with E-state index in [0.29, 0.717) is 22.6 Å². The summed E-state index contributed by atoms with van der Waals surface area (Å²) in [7, 11) is 0. The molecular formula is C22H14FNO4S2. The molecule has 30 heavy (non-hydrogen) atoms. The van der Waals surface area contributed by atoms with Crippen LogP contribution in [0.4, 0.5) is 4.39 Å². The number of hydrogen-bond acceptors (Lipinski definition) is 5. The molecule has 5 nitrogen and oxygen atoms in total. The summed E-state index contributed by atoms with van der Waals surface area (Å²) in [6.07, 6.45) is 1.52. The molecule has 0 aliphatic carbocycles. The van der Waals surface area contributed by atoms with Crippen LogP contribution in [0.25, 0.3) is 17.4 Å². The van der Waals surface area contributed by atoms with E-state index in [1.807, 2.05) is 0 Å². The number of benzene rings is 2. The van der Waals surface area contributed by atoms with Crippen LogP contribution in [0.2, 0.25) is 0 Å². The van der Waals surface area contributed by atoms with Gasteiger partial charge >= 0.3 is 5.97 Å². The number of rotatable bonds is 5. The lowest BCUT2D eigenvalue weighted by Gasteiger charge is -2.23. The molecular weight excluding hydrogens is 425 g/mol. The van der Waals surface area contributed by atoms with Crippen LogP contribution in [-0.2, 0) is 9.59 Å². The number of halogens is 1. The number of amides is 1. The molecule has 2 heterocycles. The third kappa shape index (κ3) is 3.92. The van der Waals surface area contributed by atoms with Crippen molar-refractivity contribution in [3.05, 3.63) is 88.8 Å². The second kappa shape index (κ2) is 8.25. The average molecular weight is 439 g/mol. The van der Waals surface area contributed by atoms with E-state index < -0.39 is 17.9 Å². The third-order valence-corrected chi connectivity index (χ3v) is 5.79. The zero-order valence-electron chi connectivity index (χ0n) is 15.3. The quantitative estimate of drug-likeness (QED) is 0.440. The molecule has 1 aliphatic rings. The Hall–Kier alpha value is -3.23. The Morgan fingerprint density at radius 1 is 1.10 bits per heavy atom. The van der Waals surface area contributed by atoms with Gasteiger partial charge in [-0.25, -0.2) is 9.18 Å². The van der Waals surface area contributed by atoms with Crippen LogP contribution in [0.15, 0.2) is 76.1 Å². The molecule has 0 radical (unpaired) electrons. The number of nitrogens with zero attached hydrogens (tertiary/aromatic N) is 1. The largest absolute Gasteiger partial charge is 0.479 e. The van der Waals surface area contributed by atoms with Crippen LogP contribution in [0.3, 0.4) is 0 Å². The molecule has 0 spiro atoms. The lowest BCUT2D eigenvalue weighted by Crippen LogP contribution is -2.37. The van der Waals surface area contributed by atoms with E-state index in [4.69, 9.17) is 16.6 Å². The maximum Gasteiger partial charge on any atom is 0.331 e. The van der Waals surface area contributed by atoms with Crippen molar-refractivity contribution in [3.8, 4) is 11.3 Å². The van der Waals surface area contributed by atoms with E-state index in [1.165, 1.54) is 18.2 Å². The number of carbonyl (C=O) groups excluding carboxylic acids is 1. The predicted octanol–water partition coefficient (Wildman–Crippen LogP) is 5.11. The van der Waals surface area contributed by atoms with Gasteiger partial charge < -0.3 is 9.52 Å². The molecule has 150 valence electrons. The van der Waals surface area contributed by atoms with E-state index in [-0.39, 0.29) is 15.0 Å². The summed E-state index contributed by atoms with van der Waals surface area (Å²) < 4.78 is 19.0. The summed E-state index contributed by atoms with van der Waals surface area (Å²) in [5.74, 6) is -1.09. The third-order valence-electron chi connectivity index (χ3n) is 4.46. The fourth-order valence-corrected chi connectivity index (χ4v) is 4.36. The molecule has 1 saturated heterocycles. The maximum absolute atomic E-state index is 13.1. The fraction of sp³-hybridized carbons (Fsp3) is 0.0455. The molecule has 8 heteroatoms. The molecule has 0 saturated carbocycles.